The van der Waals surface area contributed by atoms with Crippen LogP contribution < -0.4 is 0 Å². The molecule has 4 aliphatic rings. The van der Waals surface area contributed by atoms with Gasteiger partial charge in [-0.3, -0.25) is 0 Å². The Hall–Kier alpha value is -2.87. The fourth-order valence-electron chi connectivity index (χ4n) is 6.85. The minimum atomic E-state index is -0.340. The Balaban J connectivity index is 1.12. The van der Waals surface area contributed by atoms with Gasteiger partial charge in [0.2, 0.25) is 0 Å². The number of halogens is 2. The van der Waals surface area contributed by atoms with Gasteiger partial charge in [-0.25, -0.2) is 9.78 Å². The van der Waals surface area contributed by atoms with E-state index in [1.54, 1.807) is 6.20 Å². The van der Waals surface area contributed by atoms with Crippen LogP contribution in [0, 0.1) is 0 Å². The second-order valence-electron chi connectivity index (χ2n) is 11.7. The molecule has 7 nitrogen and oxygen atoms in total. The van der Waals surface area contributed by atoms with Crippen molar-refractivity contribution < 1.29 is 18.8 Å². The summed E-state index contributed by atoms with van der Waals surface area (Å²) < 4.78 is 19.5. The highest BCUT2D eigenvalue weighted by molar-refractivity contribution is 6.39. The van der Waals surface area contributed by atoms with Crippen molar-refractivity contribution in [1.29, 1.82) is 0 Å². The SMILES string of the molecule is COC(=O)c1cn(C)c2nc(C34CCC(OCc5c(-c6c(Cl)cccc6Cl)noc5C5CC5)(CC3)CC4)ccc12. The summed E-state index contributed by atoms with van der Waals surface area (Å²) in [6.07, 6.45) is 9.97. The monoisotopic (exact) mass is 579 g/mol. The molecule has 8 rings (SSSR count). The summed E-state index contributed by atoms with van der Waals surface area (Å²) in [5.41, 5.74) is 4.71. The van der Waals surface area contributed by atoms with Crippen molar-refractivity contribution in [3.05, 3.63) is 69.2 Å². The lowest BCUT2D eigenvalue weighted by Crippen LogP contribution is -2.50. The number of methoxy groups -OCH3 is 1. The highest BCUT2D eigenvalue weighted by Gasteiger charge is 2.51. The number of carbonyl (C=O) groups excluding carboxylic acids is 1. The Kier molecular flexibility index (Phi) is 6.26. The lowest BCUT2D eigenvalue weighted by Gasteiger charge is -2.52. The average Bonchev–Trinajstić information content (AvgIpc) is 3.66. The summed E-state index contributed by atoms with van der Waals surface area (Å²) in [5.74, 6) is 0.963. The fourth-order valence-corrected chi connectivity index (χ4v) is 7.42. The number of rotatable bonds is 7. The Labute approximate surface area is 242 Å². The number of ether oxygens (including phenoxy) is 2. The van der Waals surface area contributed by atoms with Crippen LogP contribution in [0.4, 0.5) is 0 Å². The van der Waals surface area contributed by atoms with E-state index in [9.17, 15) is 4.79 Å². The minimum absolute atomic E-state index is 0.0294. The van der Waals surface area contributed by atoms with Gasteiger partial charge in [0.15, 0.2) is 0 Å². The fraction of sp³-hybridized carbons (Fsp3) is 0.452. The molecule has 40 heavy (non-hydrogen) atoms. The van der Waals surface area contributed by atoms with E-state index in [-0.39, 0.29) is 17.0 Å². The Bertz CT molecular complexity index is 1590. The van der Waals surface area contributed by atoms with Crippen LogP contribution in [0.1, 0.15) is 84.7 Å². The first-order valence-corrected chi connectivity index (χ1v) is 14.7. The predicted octanol–water partition coefficient (Wildman–Crippen LogP) is 7.76. The second kappa shape index (κ2) is 9.61. The van der Waals surface area contributed by atoms with Crippen molar-refractivity contribution in [2.24, 2.45) is 7.05 Å². The standard InChI is InChI=1S/C31H31Cl2N3O4/c1-36-16-20(29(37)38-2)19-8-9-24(34-28(19)36)30-10-13-31(14-11-30,15-12-30)39-17-21-26(35-40-27(21)18-6-7-18)25-22(32)4-3-5-23(25)33/h3-5,8-9,16,18H,6-7,10-15,17H2,1-2H3. The van der Waals surface area contributed by atoms with Crippen LogP contribution >= 0.6 is 23.2 Å². The zero-order valence-corrected chi connectivity index (χ0v) is 24.1. The number of fused-ring (bicyclic) bond motifs is 4. The van der Waals surface area contributed by atoms with E-state index in [0.29, 0.717) is 39.4 Å². The average molecular weight is 581 g/mol. The maximum Gasteiger partial charge on any atom is 0.340 e. The van der Waals surface area contributed by atoms with Gasteiger partial charge in [-0.05, 0) is 75.6 Å². The van der Waals surface area contributed by atoms with Crippen LogP contribution in [-0.2, 0) is 28.5 Å². The highest BCUT2D eigenvalue weighted by atomic mass is 35.5. The first-order valence-electron chi connectivity index (χ1n) is 13.9. The lowest BCUT2D eigenvalue weighted by molar-refractivity contribution is -0.127. The molecular formula is C31H31Cl2N3O4. The van der Waals surface area contributed by atoms with Gasteiger partial charge in [-0.2, -0.15) is 0 Å². The second-order valence-corrected chi connectivity index (χ2v) is 12.5. The van der Waals surface area contributed by atoms with Gasteiger partial charge in [0.05, 0.1) is 34.9 Å². The number of benzene rings is 1. The van der Waals surface area contributed by atoms with Crippen LogP contribution in [0.25, 0.3) is 22.3 Å². The van der Waals surface area contributed by atoms with Crippen molar-refractivity contribution in [2.75, 3.05) is 7.11 Å². The van der Waals surface area contributed by atoms with Gasteiger partial charge in [0.25, 0.3) is 0 Å². The normalized spacial score (nSPS) is 24.1. The van der Waals surface area contributed by atoms with Crippen LogP contribution in [0.5, 0.6) is 0 Å². The van der Waals surface area contributed by atoms with Crippen molar-refractivity contribution in [3.63, 3.8) is 0 Å². The topological polar surface area (TPSA) is 79.4 Å². The van der Waals surface area contributed by atoms with E-state index in [4.69, 9.17) is 42.2 Å². The van der Waals surface area contributed by atoms with Crippen LogP contribution in [-0.4, -0.2) is 33.4 Å². The van der Waals surface area contributed by atoms with Gasteiger partial charge in [-0.15, -0.1) is 0 Å². The maximum absolute atomic E-state index is 12.2. The number of aromatic nitrogens is 3. The largest absolute Gasteiger partial charge is 0.465 e. The Morgan fingerprint density at radius 2 is 1.77 bits per heavy atom. The predicted molar refractivity (Wildman–Crippen MR) is 153 cm³/mol. The van der Waals surface area contributed by atoms with E-state index < -0.39 is 0 Å². The third-order valence-electron chi connectivity index (χ3n) is 9.44. The van der Waals surface area contributed by atoms with E-state index in [0.717, 1.165) is 79.4 Å². The number of carbonyl (C=O) groups is 1. The van der Waals surface area contributed by atoms with Crippen LogP contribution in [0.3, 0.4) is 0 Å². The summed E-state index contributed by atoms with van der Waals surface area (Å²) in [6, 6.07) is 9.63. The molecule has 4 fully saturated rings. The van der Waals surface area contributed by atoms with E-state index in [1.807, 2.05) is 35.9 Å². The summed E-state index contributed by atoms with van der Waals surface area (Å²) in [6.45, 7) is 0.434. The molecular weight excluding hydrogens is 549 g/mol. The molecule has 0 radical (unpaired) electrons. The van der Waals surface area contributed by atoms with Crippen molar-refractivity contribution in [3.8, 4) is 11.3 Å². The van der Waals surface area contributed by atoms with Gasteiger partial charge in [-0.1, -0.05) is 34.4 Å². The van der Waals surface area contributed by atoms with Gasteiger partial charge < -0.3 is 18.6 Å². The first-order chi connectivity index (χ1) is 19.3. The molecule has 0 unspecified atom stereocenters. The number of esters is 1. The van der Waals surface area contributed by atoms with Gasteiger partial charge in [0, 0.05) is 46.8 Å². The maximum atomic E-state index is 12.2. The number of aryl methyl sites for hydroxylation is 1. The molecule has 1 aromatic carbocycles. The summed E-state index contributed by atoms with van der Waals surface area (Å²) in [5, 5.41) is 6.37. The molecule has 3 heterocycles. The van der Waals surface area contributed by atoms with Gasteiger partial charge >= 0.3 is 5.97 Å². The van der Waals surface area contributed by atoms with Crippen LogP contribution in [0.2, 0.25) is 10.0 Å². The molecule has 4 saturated carbocycles. The summed E-state index contributed by atoms with van der Waals surface area (Å²) >= 11 is 13.1. The number of hydrogen-bond acceptors (Lipinski definition) is 6. The minimum Gasteiger partial charge on any atom is -0.465 e. The molecule has 2 bridgehead atoms. The van der Waals surface area contributed by atoms with E-state index in [1.165, 1.54) is 7.11 Å². The zero-order valence-electron chi connectivity index (χ0n) is 22.6. The molecule has 3 aromatic heterocycles. The number of hydrogen-bond donors (Lipinski definition) is 0. The zero-order chi connectivity index (χ0) is 27.6. The van der Waals surface area contributed by atoms with Crippen molar-refractivity contribution in [1.82, 2.24) is 14.7 Å². The molecule has 0 N–H and O–H groups in total. The quantitative estimate of drug-likeness (QED) is 0.208. The molecule has 0 aliphatic heterocycles. The van der Waals surface area contributed by atoms with Crippen molar-refractivity contribution >= 4 is 40.2 Å². The van der Waals surface area contributed by atoms with Gasteiger partial charge in [0.1, 0.15) is 17.1 Å². The van der Waals surface area contributed by atoms with E-state index in [2.05, 4.69) is 11.2 Å². The van der Waals surface area contributed by atoms with E-state index >= 15 is 0 Å². The third kappa shape index (κ3) is 4.16. The Morgan fingerprint density at radius 1 is 1.07 bits per heavy atom. The van der Waals surface area contributed by atoms with Crippen LogP contribution in [0.15, 0.2) is 41.1 Å². The number of nitrogens with zero attached hydrogens (tertiary/aromatic N) is 3. The third-order valence-corrected chi connectivity index (χ3v) is 10.1. The molecule has 4 aliphatic carbocycles. The summed E-state index contributed by atoms with van der Waals surface area (Å²) in [7, 11) is 3.33. The molecule has 208 valence electrons. The molecule has 0 amide bonds. The molecule has 9 heteroatoms. The highest BCUT2D eigenvalue weighted by Crippen LogP contribution is 2.55. The smallest absolute Gasteiger partial charge is 0.340 e. The molecule has 0 saturated heterocycles. The number of pyridine rings is 1. The molecule has 0 spiro atoms. The Morgan fingerprint density at radius 3 is 2.42 bits per heavy atom. The first kappa shape index (κ1) is 26.1. The molecule has 4 aromatic rings. The summed E-state index contributed by atoms with van der Waals surface area (Å²) in [4.78, 5) is 17.3. The lowest BCUT2D eigenvalue weighted by atomic mass is 9.57. The van der Waals surface area contributed by atoms with Crippen molar-refractivity contribution in [2.45, 2.75) is 74.9 Å². The molecule has 0 atom stereocenters.